The fourth-order valence-corrected chi connectivity index (χ4v) is 3.23. The molecule has 0 saturated carbocycles. The predicted octanol–water partition coefficient (Wildman–Crippen LogP) is 3.91. The third kappa shape index (κ3) is 4.13. The highest BCUT2D eigenvalue weighted by molar-refractivity contribution is 5.73. The van der Waals surface area contributed by atoms with Gasteiger partial charge in [-0.15, -0.1) is 0 Å². The smallest absolute Gasteiger partial charge is 0.315 e. The number of hydrogen-bond acceptors (Lipinski definition) is 1. The van der Waals surface area contributed by atoms with Crippen LogP contribution in [-0.2, 0) is 13.0 Å². The Kier molecular flexibility index (Phi) is 4.96. The summed E-state index contributed by atoms with van der Waals surface area (Å²) in [5.41, 5.74) is 5.19. The van der Waals surface area contributed by atoms with Crippen molar-refractivity contribution in [2.24, 2.45) is 0 Å². The molecule has 0 radical (unpaired) electrons. The van der Waals surface area contributed by atoms with Crippen molar-refractivity contribution < 1.29 is 4.79 Å². The second kappa shape index (κ2) is 7.32. The number of rotatable bonds is 4. The molecule has 3 heteroatoms. The number of carbonyl (C=O) groups is 1. The van der Waals surface area contributed by atoms with Crippen LogP contribution in [0.15, 0.2) is 48.5 Å². The van der Waals surface area contributed by atoms with Crippen molar-refractivity contribution in [3.63, 3.8) is 0 Å². The Bertz CT molecular complexity index is 664. The first-order chi connectivity index (χ1) is 11.2. The number of amides is 2. The average molecular weight is 308 g/mol. The van der Waals surface area contributed by atoms with Crippen molar-refractivity contribution in [1.29, 1.82) is 0 Å². The maximum atomic E-state index is 12.0. The lowest BCUT2D eigenvalue weighted by Gasteiger charge is -2.25. The summed E-state index contributed by atoms with van der Waals surface area (Å²) in [5, 5.41) is 5.96. The van der Waals surface area contributed by atoms with E-state index in [4.69, 9.17) is 0 Å². The summed E-state index contributed by atoms with van der Waals surface area (Å²) in [7, 11) is 0. The molecule has 0 spiro atoms. The van der Waals surface area contributed by atoms with E-state index in [1.165, 1.54) is 23.1 Å². The van der Waals surface area contributed by atoms with Crippen molar-refractivity contribution in [2.75, 3.05) is 6.54 Å². The Balaban J connectivity index is 1.49. The molecule has 1 aliphatic carbocycles. The lowest BCUT2D eigenvalue weighted by Crippen LogP contribution is -2.38. The molecule has 2 N–H and O–H groups in total. The van der Waals surface area contributed by atoms with Crippen molar-refractivity contribution in [3.8, 4) is 0 Å². The predicted molar refractivity (Wildman–Crippen MR) is 93.5 cm³/mol. The van der Waals surface area contributed by atoms with E-state index < -0.39 is 0 Å². The monoisotopic (exact) mass is 308 g/mol. The van der Waals surface area contributed by atoms with Crippen molar-refractivity contribution in [3.05, 3.63) is 70.8 Å². The molecule has 1 unspecified atom stereocenters. The SMILES string of the molecule is Cc1ccc(CNC(=O)NCC2CCCc3ccccc32)cc1. The number of nitrogens with one attached hydrogen (secondary N) is 2. The molecule has 0 heterocycles. The van der Waals surface area contributed by atoms with E-state index in [0.29, 0.717) is 19.0 Å². The zero-order valence-electron chi connectivity index (χ0n) is 13.6. The van der Waals surface area contributed by atoms with Gasteiger partial charge < -0.3 is 10.6 Å². The van der Waals surface area contributed by atoms with Crippen LogP contribution in [0.25, 0.3) is 0 Å². The molecule has 1 atom stereocenters. The molecular weight excluding hydrogens is 284 g/mol. The summed E-state index contributed by atoms with van der Waals surface area (Å²) in [6, 6.07) is 16.7. The van der Waals surface area contributed by atoms with E-state index >= 15 is 0 Å². The number of urea groups is 1. The lowest BCUT2D eigenvalue weighted by molar-refractivity contribution is 0.239. The molecule has 2 aromatic carbocycles. The highest BCUT2D eigenvalue weighted by Crippen LogP contribution is 2.30. The number of aryl methyl sites for hydroxylation is 2. The van der Waals surface area contributed by atoms with Gasteiger partial charge in [-0.05, 0) is 42.9 Å². The standard InChI is InChI=1S/C20H24N2O/c1-15-9-11-16(12-10-15)13-21-20(23)22-14-18-7-4-6-17-5-2-3-8-19(17)18/h2-3,5,8-12,18H,4,6-7,13-14H2,1H3,(H2,21,22,23). The molecule has 120 valence electrons. The zero-order chi connectivity index (χ0) is 16.1. The molecule has 0 fully saturated rings. The summed E-state index contributed by atoms with van der Waals surface area (Å²) < 4.78 is 0. The first-order valence-corrected chi connectivity index (χ1v) is 8.37. The summed E-state index contributed by atoms with van der Waals surface area (Å²) in [6.07, 6.45) is 3.51. The average Bonchev–Trinajstić information content (AvgIpc) is 2.59. The first kappa shape index (κ1) is 15.6. The summed E-state index contributed by atoms with van der Waals surface area (Å²) in [5.74, 6) is 0.435. The normalized spacial score (nSPS) is 16.5. The minimum Gasteiger partial charge on any atom is -0.338 e. The molecule has 1 aliphatic rings. The minimum absolute atomic E-state index is 0.0892. The van der Waals surface area contributed by atoms with Gasteiger partial charge in [0.05, 0.1) is 0 Å². The van der Waals surface area contributed by atoms with E-state index in [1.54, 1.807) is 0 Å². The summed E-state index contributed by atoms with van der Waals surface area (Å²) in [4.78, 5) is 12.0. The highest BCUT2D eigenvalue weighted by Gasteiger charge is 2.19. The highest BCUT2D eigenvalue weighted by atomic mass is 16.2. The molecule has 0 aromatic heterocycles. The Morgan fingerprint density at radius 3 is 2.70 bits per heavy atom. The van der Waals surface area contributed by atoms with Crippen LogP contribution in [0.3, 0.4) is 0 Å². The van der Waals surface area contributed by atoms with Crippen LogP contribution >= 0.6 is 0 Å². The number of fused-ring (bicyclic) bond motifs is 1. The van der Waals surface area contributed by atoms with Gasteiger partial charge in [-0.3, -0.25) is 0 Å². The topological polar surface area (TPSA) is 41.1 Å². The van der Waals surface area contributed by atoms with Crippen LogP contribution in [0.4, 0.5) is 4.79 Å². The van der Waals surface area contributed by atoms with E-state index in [0.717, 1.165) is 18.4 Å². The first-order valence-electron chi connectivity index (χ1n) is 8.37. The molecular formula is C20H24N2O. The molecule has 3 rings (SSSR count). The van der Waals surface area contributed by atoms with Crippen LogP contribution in [0, 0.1) is 6.92 Å². The summed E-state index contributed by atoms with van der Waals surface area (Å²) in [6.45, 7) is 3.33. The second-order valence-electron chi connectivity index (χ2n) is 6.34. The number of carbonyl (C=O) groups excluding carboxylic acids is 1. The molecule has 3 nitrogen and oxygen atoms in total. The molecule has 0 saturated heterocycles. The maximum absolute atomic E-state index is 12.0. The van der Waals surface area contributed by atoms with Crippen LogP contribution in [-0.4, -0.2) is 12.6 Å². The lowest BCUT2D eigenvalue weighted by atomic mass is 9.83. The van der Waals surface area contributed by atoms with Gasteiger partial charge in [-0.2, -0.15) is 0 Å². The Morgan fingerprint density at radius 2 is 1.87 bits per heavy atom. The van der Waals surface area contributed by atoms with Crippen LogP contribution in [0.2, 0.25) is 0 Å². The fraction of sp³-hybridized carbons (Fsp3) is 0.350. The van der Waals surface area contributed by atoms with Crippen molar-refractivity contribution in [2.45, 2.75) is 38.6 Å². The quantitative estimate of drug-likeness (QED) is 0.883. The van der Waals surface area contributed by atoms with Crippen LogP contribution in [0.1, 0.15) is 41.0 Å². The number of benzene rings is 2. The molecule has 23 heavy (non-hydrogen) atoms. The van der Waals surface area contributed by atoms with Gasteiger partial charge in [0.15, 0.2) is 0 Å². The summed E-state index contributed by atoms with van der Waals surface area (Å²) >= 11 is 0. The maximum Gasteiger partial charge on any atom is 0.315 e. The van der Waals surface area contributed by atoms with Gasteiger partial charge in [-0.25, -0.2) is 4.79 Å². The van der Waals surface area contributed by atoms with E-state index in [9.17, 15) is 4.79 Å². The fourth-order valence-electron chi connectivity index (χ4n) is 3.23. The Labute approximate surface area is 138 Å². The van der Waals surface area contributed by atoms with Crippen LogP contribution in [0.5, 0.6) is 0 Å². The van der Waals surface area contributed by atoms with E-state index in [2.05, 4.69) is 54.0 Å². The van der Waals surface area contributed by atoms with Gasteiger partial charge >= 0.3 is 6.03 Å². The molecule has 2 aromatic rings. The van der Waals surface area contributed by atoms with Gasteiger partial charge in [0.25, 0.3) is 0 Å². The zero-order valence-corrected chi connectivity index (χ0v) is 13.6. The van der Waals surface area contributed by atoms with E-state index in [1.807, 2.05) is 12.1 Å². The Morgan fingerprint density at radius 1 is 1.09 bits per heavy atom. The van der Waals surface area contributed by atoms with Crippen LogP contribution < -0.4 is 10.6 Å². The number of hydrogen-bond donors (Lipinski definition) is 2. The van der Waals surface area contributed by atoms with E-state index in [-0.39, 0.29) is 6.03 Å². The van der Waals surface area contributed by atoms with Gasteiger partial charge in [0.2, 0.25) is 0 Å². The van der Waals surface area contributed by atoms with Crippen molar-refractivity contribution in [1.82, 2.24) is 10.6 Å². The molecule has 2 amide bonds. The molecule has 0 aliphatic heterocycles. The van der Waals surface area contributed by atoms with Gasteiger partial charge in [0, 0.05) is 19.0 Å². The van der Waals surface area contributed by atoms with Gasteiger partial charge in [-0.1, -0.05) is 54.1 Å². The molecule has 0 bridgehead atoms. The largest absolute Gasteiger partial charge is 0.338 e. The second-order valence-corrected chi connectivity index (χ2v) is 6.34. The third-order valence-corrected chi connectivity index (χ3v) is 4.58. The Hall–Kier alpha value is -2.29. The minimum atomic E-state index is -0.0892. The third-order valence-electron chi connectivity index (χ3n) is 4.58. The van der Waals surface area contributed by atoms with Gasteiger partial charge in [0.1, 0.15) is 0 Å². The van der Waals surface area contributed by atoms with Crippen molar-refractivity contribution >= 4 is 6.03 Å².